The Kier molecular flexibility index (Phi) is 3.88. The van der Waals surface area contributed by atoms with Crippen LogP contribution in [0, 0.1) is 0 Å². The molecule has 8 heteroatoms. The molecule has 0 amide bonds. The van der Waals surface area contributed by atoms with E-state index in [2.05, 4.69) is 15.0 Å². The number of anilines is 1. The normalized spacial score (nSPS) is 19.6. The van der Waals surface area contributed by atoms with Crippen LogP contribution >= 0.6 is 11.6 Å². The van der Waals surface area contributed by atoms with Gasteiger partial charge >= 0.3 is 0 Å². The van der Waals surface area contributed by atoms with Crippen molar-refractivity contribution in [1.29, 1.82) is 0 Å². The van der Waals surface area contributed by atoms with Crippen molar-refractivity contribution in [3.8, 4) is 11.3 Å². The summed E-state index contributed by atoms with van der Waals surface area (Å²) in [7, 11) is 0. The van der Waals surface area contributed by atoms with Crippen molar-refractivity contribution in [1.82, 2.24) is 4.98 Å². The molecule has 4 rings (SSSR count). The van der Waals surface area contributed by atoms with Crippen LogP contribution in [0.5, 0.6) is 0 Å². The van der Waals surface area contributed by atoms with Crippen LogP contribution in [0.3, 0.4) is 0 Å². The Hall–Kier alpha value is -2.54. The first-order chi connectivity index (χ1) is 12.1. The van der Waals surface area contributed by atoms with Gasteiger partial charge in [-0.1, -0.05) is 18.0 Å². The zero-order chi connectivity index (χ0) is 17.4. The van der Waals surface area contributed by atoms with Crippen LogP contribution in [-0.2, 0) is 0 Å². The SMILES string of the molecule is NC1=NC2(CCCCC2)N(c2ccc(Cl)c(-c3cnco3)c2)C(N)=N1. The molecule has 2 aromatic rings. The maximum Gasteiger partial charge on any atom is 0.220 e. The molecule has 4 N–H and O–H groups in total. The zero-order valence-corrected chi connectivity index (χ0v) is 14.4. The maximum absolute atomic E-state index is 6.35. The number of nitrogens with two attached hydrogens (primary N) is 2. The van der Waals surface area contributed by atoms with Gasteiger partial charge in [0.2, 0.25) is 11.9 Å². The van der Waals surface area contributed by atoms with E-state index >= 15 is 0 Å². The highest BCUT2D eigenvalue weighted by molar-refractivity contribution is 6.33. The Labute approximate surface area is 150 Å². The van der Waals surface area contributed by atoms with Gasteiger partial charge in [0.15, 0.2) is 12.2 Å². The minimum absolute atomic E-state index is 0.236. The number of halogens is 1. The lowest BCUT2D eigenvalue weighted by molar-refractivity contribution is 0.305. The molecule has 1 aliphatic carbocycles. The highest BCUT2D eigenvalue weighted by Crippen LogP contribution is 2.41. The minimum Gasteiger partial charge on any atom is -0.443 e. The lowest BCUT2D eigenvalue weighted by Gasteiger charge is -2.45. The predicted octanol–water partition coefficient (Wildman–Crippen LogP) is 3.10. The molecule has 0 unspecified atom stereocenters. The van der Waals surface area contributed by atoms with E-state index in [0.29, 0.717) is 16.7 Å². The molecule has 1 fully saturated rings. The average molecular weight is 359 g/mol. The summed E-state index contributed by atoms with van der Waals surface area (Å²) >= 11 is 6.35. The van der Waals surface area contributed by atoms with Gasteiger partial charge in [-0.15, -0.1) is 0 Å². The summed E-state index contributed by atoms with van der Waals surface area (Å²) in [5.41, 5.74) is 13.3. The van der Waals surface area contributed by atoms with E-state index in [1.165, 1.54) is 12.8 Å². The number of guanidine groups is 2. The average Bonchev–Trinajstić information content (AvgIpc) is 3.10. The first-order valence-electron chi connectivity index (χ1n) is 8.27. The third kappa shape index (κ3) is 2.74. The Morgan fingerprint density at radius 2 is 1.96 bits per heavy atom. The van der Waals surface area contributed by atoms with Crippen LogP contribution in [0.25, 0.3) is 11.3 Å². The summed E-state index contributed by atoms with van der Waals surface area (Å²) in [5, 5.41) is 0.578. The number of rotatable bonds is 2. The molecule has 130 valence electrons. The summed E-state index contributed by atoms with van der Waals surface area (Å²) in [5.74, 6) is 1.18. The number of nitrogens with zero attached hydrogens (tertiary/aromatic N) is 4. The summed E-state index contributed by atoms with van der Waals surface area (Å²) in [6.45, 7) is 0. The molecule has 2 heterocycles. The standard InChI is InChI=1S/C17H19ClN6O/c18-13-5-4-11(8-12(13)14-9-21-10-25-14)24-16(20)22-15(19)23-17(24)6-2-1-3-7-17/h4-5,8-10H,1-3,6-7H2,(H4,19,20,22,23). The van der Waals surface area contributed by atoms with Crippen molar-refractivity contribution < 1.29 is 4.42 Å². The molecule has 1 aliphatic heterocycles. The zero-order valence-electron chi connectivity index (χ0n) is 13.7. The smallest absolute Gasteiger partial charge is 0.220 e. The van der Waals surface area contributed by atoms with Crippen molar-refractivity contribution in [3.63, 3.8) is 0 Å². The number of hydrogen-bond donors (Lipinski definition) is 2. The molecular formula is C17H19ClN6O. The summed E-state index contributed by atoms with van der Waals surface area (Å²) in [4.78, 5) is 14.8. The maximum atomic E-state index is 6.35. The lowest BCUT2D eigenvalue weighted by Crippen LogP contribution is -2.58. The van der Waals surface area contributed by atoms with Gasteiger partial charge in [-0.25, -0.2) is 9.98 Å². The number of hydrogen-bond acceptors (Lipinski definition) is 7. The molecular weight excluding hydrogens is 340 g/mol. The molecule has 1 aromatic carbocycles. The van der Waals surface area contributed by atoms with Gasteiger partial charge in [-0.3, -0.25) is 4.90 Å². The molecule has 0 saturated heterocycles. The Morgan fingerprint density at radius 3 is 2.68 bits per heavy atom. The summed E-state index contributed by atoms with van der Waals surface area (Å²) in [6.07, 6.45) is 8.10. The number of oxazole rings is 1. The van der Waals surface area contributed by atoms with Crippen LogP contribution in [0.4, 0.5) is 5.69 Å². The minimum atomic E-state index is -0.485. The monoisotopic (exact) mass is 358 g/mol. The van der Waals surface area contributed by atoms with Crippen LogP contribution in [0.15, 0.2) is 45.2 Å². The molecule has 7 nitrogen and oxygen atoms in total. The van der Waals surface area contributed by atoms with Gasteiger partial charge in [0.1, 0.15) is 5.66 Å². The van der Waals surface area contributed by atoms with Crippen LogP contribution < -0.4 is 16.4 Å². The molecule has 0 atom stereocenters. The van der Waals surface area contributed by atoms with Crippen molar-refractivity contribution >= 4 is 29.2 Å². The van der Waals surface area contributed by atoms with E-state index in [0.717, 1.165) is 36.9 Å². The van der Waals surface area contributed by atoms with Crippen molar-refractivity contribution in [3.05, 3.63) is 35.8 Å². The van der Waals surface area contributed by atoms with Crippen LogP contribution in [0.2, 0.25) is 5.02 Å². The van der Waals surface area contributed by atoms with Gasteiger partial charge < -0.3 is 15.9 Å². The molecule has 2 aliphatic rings. The topological polar surface area (TPSA) is 106 Å². The summed E-state index contributed by atoms with van der Waals surface area (Å²) in [6, 6.07) is 5.66. The number of benzene rings is 1. The third-order valence-corrected chi connectivity index (χ3v) is 5.09. The number of aliphatic imine (C=N–C) groups is 2. The second kappa shape index (κ2) is 6.07. The second-order valence-corrected chi connectivity index (χ2v) is 6.76. The fourth-order valence-corrected chi connectivity index (χ4v) is 3.90. The quantitative estimate of drug-likeness (QED) is 0.857. The lowest BCUT2D eigenvalue weighted by atomic mass is 9.87. The van der Waals surface area contributed by atoms with Crippen molar-refractivity contribution in [2.75, 3.05) is 4.90 Å². The molecule has 1 spiro atoms. The highest BCUT2D eigenvalue weighted by atomic mass is 35.5. The van der Waals surface area contributed by atoms with Gasteiger partial charge in [-0.05, 0) is 43.9 Å². The molecule has 0 bridgehead atoms. The fraction of sp³-hybridized carbons (Fsp3) is 0.353. The van der Waals surface area contributed by atoms with E-state index in [-0.39, 0.29) is 5.96 Å². The molecule has 25 heavy (non-hydrogen) atoms. The van der Waals surface area contributed by atoms with Crippen LogP contribution in [0.1, 0.15) is 32.1 Å². The molecule has 1 saturated carbocycles. The van der Waals surface area contributed by atoms with Gasteiger partial charge in [0.05, 0.1) is 11.2 Å². The van der Waals surface area contributed by atoms with Crippen molar-refractivity contribution in [2.45, 2.75) is 37.8 Å². The first kappa shape index (κ1) is 16.0. The van der Waals surface area contributed by atoms with Crippen LogP contribution in [-0.4, -0.2) is 22.6 Å². The summed E-state index contributed by atoms with van der Waals surface area (Å²) < 4.78 is 5.40. The third-order valence-electron chi connectivity index (χ3n) is 4.76. The Morgan fingerprint density at radius 1 is 1.16 bits per heavy atom. The van der Waals surface area contributed by atoms with Gasteiger partial charge in [0.25, 0.3) is 0 Å². The van der Waals surface area contributed by atoms with E-state index in [1.807, 2.05) is 23.1 Å². The Bertz CT molecular complexity index is 839. The molecule has 0 radical (unpaired) electrons. The van der Waals surface area contributed by atoms with Gasteiger partial charge in [-0.2, -0.15) is 4.99 Å². The number of aromatic nitrogens is 1. The largest absolute Gasteiger partial charge is 0.443 e. The Balaban J connectivity index is 1.82. The van der Waals surface area contributed by atoms with Crippen molar-refractivity contribution in [2.24, 2.45) is 21.5 Å². The highest BCUT2D eigenvalue weighted by Gasteiger charge is 2.42. The van der Waals surface area contributed by atoms with E-state index in [9.17, 15) is 0 Å². The first-order valence-corrected chi connectivity index (χ1v) is 8.65. The second-order valence-electron chi connectivity index (χ2n) is 6.35. The van der Waals surface area contributed by atoms with E-state index in [4.69, 9.17) is 27.5 Å². The predicted molar refractivity (Wildman–Crippen MR) is 98.5 cm³/mol. The fourth-order valence-electron chi connectivity index (χ4n) is 3.68. The van der Waals surface area contributed by atoms with Gasteiger partial charge in [0, 0.05) is 11.3 Å². The van der Waals surface area contributed by atoms with E-state index < -0.39 is 5.66 Å². The van der Waals surface area contributed by atoms with E-state index in [1.54, 1.807) is 6.20 Å². The molecule has 1 aromatic heterocycles.